The molecular formula is C20H15BrN2O4S. The summed E-state index contributed by atoms with van der Waals surface area (Å²) in [6.07, 6.45) is 3.33. The van der Waals surface area contributed by atoms with Gasteiger partial charge in [-0.1, -0.05) is 34.1 Å². The molecule has 0 unspecified atom stereocenters. The number of nitrogens with zero attached hydrogens (tertiary/aromatic N) is 2. The number of aromatic hydroxyl groups is 1. The predicted molar refractivity (Wildman–Crippen MR) is 114 cm³/mol. The van der Waals surface area contributed by atoms with Gasteiger partial charge in [0.05, 0.1) is 16.2 Å². The summed E-state index contributed by atoms with van der Waals surface area (Å²) in [5.74, 6) is -1.63. The van der Waals surface area contributed by atoms with Crippen molar-refractivity contribution in [1.82, 2.24) is 4.90 Å². The van der Waals surface area contributed by atoms with Crippen LogP contribution in [-0.2, 0) is 4.79 Å². The molecule has 6 nitrogen and oxygen atoms in total. The highest BCUT2D eigenvalue weighted by molar-refractivity contribution is 9.10. The topological polar surface area (TPSA) is 90.2 Å². The SMILES string of the molecule is C=CCN1C(=O)/C(=C/c2cccc(Br)c2)SC1=Nc1ccc(O)cc1C(=O)O. The Labute approximate surface area is 174 Å². The molecule has 2 N–H and O–H groups in total. The molecule has 28 heavy (non-hydrogen) atoms. The van der Waals surface area contributed by atoms with Crippen molar-refractivity contribution < 1.29 is 19.8 Å². The minimum atomic E-state index is -1.22. The summed E-state index contributed by atoms with van der Waals surface area (Å²) in [4.78, 5) is 30.5. The Morgan fingerprint density at radius 3 is 2.75 bits per heavy atom. The van der Waals surface area contributed by atoms with Gasteiger partial charge in [-0.15, -0.1) is 6.58 Å². The van der Waals surface area contributed by atoms with Crippen LogP contribution in [0.3, 0.4) is 0 Å². The summed E-state index contributed by atoms with van der Waals surface area (Å²) in [5, 5.41) is 19.3. The van der Waals surface area contributed by atoms with Gasteiger partial charge in [-0.2, -0.15) is 0 Å². The van der Waals surface area contributed by atoms with E-state index < -0.39 is 5.97 Å². The maximum absolute atomic E-state index is 12.8. The lowest BCUT2D eigenvalue weighted by atomic mass is 10.2. The first-order valence-corrected chi connectivity index (χ1v) is 9.73. The van der Waals surface area contributed by atoms with Crippen LogP contribution in [0.1, 0.15) is 15.9 Å². The van der Waals surface area contributed by atoms with E-state index >= 15 is 0 Å². The number of carbonyl (C=O) groups is 2. The van der Waals surface area contributed by atoms with Crippen LogP contribution >= 0.6 is 27.7 Å². The third-order valence-electron chi connectivity index (χ3n) is 3.77. The van der Waals surface area contributed by atoms with Gasteiger partial charge >= 0.3 is 5.97 Å². The van der Waals surface area contributed by atoms with Gasteiger partial charge in [0.1, 0.15) is 5.75 Å². The number of halogens is 1. The summed E-state index contributed by atoms with van der Waals surface area (Å²) in [6, 6.07) is 11.4. The van der Waals surface area contributed by atoms with Gasteiger partial charge in [0.2, 0.25) is 0 Å². The Kier molecular flexibility index (Phi) is 6.01. The lowest BCUT2D eigenvalue weighted by Gasteiger charge is -2.13. The average Bonchev–Trinajstić information content (AvgIpc) is 2.92. The third kappa shape index (κ3) is 4.35. The van der Waals surface area contributed by atoms with Crippen molar-refractivity contribution in [3.05, 3.63) is 75.6 Å². The summed E-state index contributed by atoms with van der Waals surface area (Å²) in [7, 11) is 0. The Morgan fingerprint density at radius 1 is 1.29 bits per heavy atom. The smallest absolute Gasteiger partial charge is 0.338 e. The van der Waals surface area contributed by atoms with Gasteiger partial charge in [-0.25, -0.2) is 9.79 Å². The number of carbonyl (C=O) groups excluding carboxylic acids is 1. The maximum atomic E-state index is 12.8. The number of phenols is 1. The molecule has 1 heterocycles. The van der Waals surface area contributed by atoms with Gasteiger partial charge in [-0.3, -0.25) is 9.69 Å². The quantitative estimate of drug-likeness (QED) is 0.502. The molecule has 2 aromatic carbocycles. The highest BCUT2D eigenvalue weighted by Gasteiger charge is 2.33. The number of benzene rings is 2. The lowest BCUT2D eigenvalue weighted by molar-refractivity contribution is -0.121. The number of aromatic carboxylic acids is 1. The number of aliphatic imine (C=N–C) groups is 1. The fourth-order valence-corrected chi connectivity index (χ4v) is 3.94. The van der Waals surface area contributed by atoms with Crippen molar-refractivity contribution >= 4 is 56.5 Å². The normalized spacial score (nSPS) is 16.8. The average molecular weight is 459 g/mol. The van der Waals surface area contributed by atoms with Crippen molar-refractivity contribution in [3.8, 4) is 5.75 Å². The van der Waals surface area contributed by atoms with Gasteiger partial charge in [0.25, 0.3) is 5.91 Å². The number of phenolic OH excluding ortho intramolecular Hbond substituents is 1. The van der Waals surface area contributed by atoms with Crippen molar-refractivity contribution in [3.63, 3.8) is 0 Å². The minimum absolute atomic E-state index is 0.150. The van der Waals surface area contributed by atoms with E-state index in [1.54, 1.807) is 12.2 Å². The second kappa shape index (κ2) is 8.45. The molecule has 0 aromatic heterocycles. The second-order valence-corrected chi connectivity index (χ2v) is 7.70. The first-order valence-electron chi connectivity index (χ1n) is 8.12. The van der Waals surface area contributed by atoms with Crippen LogP contribution in [0.25, 0.3) is 6.08 Å². The van der Waals surface area contributed by atoms with E-state index in [-0.39, 0.29) is 29.5 Å². The zero-order chi connectivity index (χ0) is 20.3. The predicted octanol–water partition coefficient (Wildman–Crippen LogP) is 4.64. The molecule has 0 aliphatic carbocycles. The highest BCUT2D eigenvalue weighted by atomic mass is 79.9. The fraction of sp³-hybridized carbons (Fsp3) is 0.0500. The van der Waals surface area contributed by atoms with E-state index in [9.17, 15) is 19.8 Å². The van der Waals surface area contributed by atoms with Crippen molar-refractivity contribution in [1.29, 1.82) is 0 Å². The van der Waals surface area contributed by atoms with E-state index in [1.165, 1.54) is 17.0 Å². The molecule has 0 radical (unpaired) electrons. The first-order chi connectivity index (χ1) is 13.4. The standard InChI is InChI=1S/C20H15BrN2O4S/c1-2-8-23-18(25)17(10-12-4-3-5-13(21)9-12)28-20(23)22-16-7-6-14(24)11-15(16)19(26)27/h2-7,9-11,24H,1,8H2,(H,26,27)/b17-10-,22-20?. The van der Waals surface area contributed by atoms with E-state index in [4.69, 9.17) is 0 Å². The Hall–Kier alpha value is -2.84. The monoisotopic (exact) mass is 458 g/mol. The van der Waals surface area contributed by atoms with Crippen molar-refractivity contribution in [2.75, 3.05) is 6.54 Å². The van der Waals surface area contributed by atoms with E-state index in [2.05, 4.69) is 27.5 Å². The maximum Gasteiger partial charge on any atom is 0.338 e. The number of carboxylic acids is 1. The molecule has 1 aliphatic heterocycles. The van der Waals surface area contributed by atoms with E-state index in [0.29, 0.717) is 10.1 Å². The van der Waals surface area contributed by atoms with E-state index in [0.717, 1.165) is 27.9 Å². The third-order valence-corrected chi connectivity index (χ3v) is 5.27. The first kappa shape index (κ1) is 19.9. The largest absolute Gasteiger partial charge is 0.508 e. The molecular weight excluding hydrogens is 444 g/mol. The second-order valence-electron chi connectivity index (χ2n) is 5.77. The molecule has 0 spiro atoms. The Morgan fingerprint density at radius 2 is 2.07 bits per heavy atom. The highest BCUT2D eigenvalue weighted by Crippen LogP contribution is 2.35. The fourth-order valence-electron chi connectivity index (χ4n) is 2.53. The molecule has 0 bridgehead atoms. The Balaban J connectivity index is 2.03. The molecule has 1 saturated heterocycles. The molecule has 1 aliphatic rings. The van der Waals surface area contributed by atoms with Crippen molar-refractivity contribution in [2.45, 2.75) is 0 Å². The van der Waals surface area contributed by atoms with Crippen LogP contribution in [0.5, 0.6) is 5.75 Å². The van der Waals surface area contributed by atoms with Gasteiger partial charge in [0, 0.05) is 11.0 Å². The molecule has 0 atom stereocenters. The van der Waals surface area contributed by atoms with Gasteiger partial charge in [0.15, 0.2) is 5.17 Å². The van der Waals surface area contributed by atoms with Crippen LogP contribution in [0.2, 0.25) is 0 Å². The molecule has 142 valence electrons. The molecule has 8 heteroatoms. The van der Waals surface area contributed by atoms with Gasteiger partial charge in [-0.05, 0) is 53.7 Å². The van der Waals surface area contributed by atoms with Crippen LogP contribution in [0.4, 0.5) is 5.69 Å². The number of hydrogen-bond donors (Lipinski definition) is 2. The summed E-state index contributed by atoms with van der Waals surface area (Å²) < 4.78 is 0.893. The number of rotatable bonds is 5. The Bertz CT molecular complexity index is 1030. The molecule has 2 aromatic rings. The van der Waals surface area contributed by atoms with Crippen molar-refractivity contribution in [2.24, 2.45) is 4.99 Å². The zero-order valence-electron chi connectivity index (χ0n) is 14.5. The molecule has 1 fully saturated rings. The molecule has 1 amide bonds. The number of carboxylic acid groups (broad SMARTS) is 1. The lowest BCUT2D eigenvalue weighted by Crippen LogP contribution is -2.29. The summed E-state index contributed by atoms with van der Waals surface area (Å²) in [6.45, 7) is 3.90. The number of thioether (sulfide) groups is 1. The summed E-state index contributed by atoms with van der Waals surface area (Å²) in [5.41, 5.74) is 0.850. The molecule has 3 rings (SSSR count). The van der Waals surface area contributed by atoms with Crippen LogP contribution in [-0.4, -0.2) is 38.7 Å². The van der Waals surface area contributed by atoms with E-state index in [1.807, 2.05) is 24.3 Å². The number of amidine groups is 1. The molecule has 0 saturated carbocycles. The number of amides is 1. The van der Waals surface area contributed by atoms with Crippen LogP contribution in [0.15, 0.2) is 69.5 Å². The summed E-state index contributed by atoms with van der Waals surface area (Å²) >= 11 is 4.56. The van der Waals surface area contributed by atoms with Gasteiger partial charge < -0.3 is 10.2 Å². The van der Waals surface area contributed by atoms with Crippen LogP contribution < -0.4 is 0 Å². The number of hydrogen-bond acceptors (Lipinski definition) is 5. The minimum Gasteiger partial charge on any atom is -0.508 e. The zero-order valence-corrected chi connectivity index (χ0v) is 16.9. The van der Waals surface area contributed by atoms with Crippen LogP contribution in [0, 0.1) is 0 Å².